The average Bonchev–Trinajstić information content (AvgIpc) is 3.28. The zero-order valence-electron chi connectivity index (χ0n) is 22.3. The molecule has 0 aliphatic rings. The molecule has 4 rings (SSSR count). The molecule has 0 bridgehead atoms. The summed E-state index contributed by atoms with van der Waals surface area (Å²) < 4.78 is 19.8. The summed E-state index contributed by atoms with van der Waals surface area (Å²) in [6, 6.07) is 12.2. The summed E-state index contributed by atoms with van der Waals surface area (Å²) in [5.74, 6) is 0.315. The number of aliphatic hydroxyl groups excluding tert-OH is 1. The number of nitriles is 1. The molecular formula is C28H31FN6O4. The predicted octanol–water partition coefficient (Wildman–Crippen LogP) is 3.00. The van der Waals surface area contributed by atoms with E-state index >= 15 is 0 Å². The number of halogens is 1. The maximum absolute atomic E-state index is 13.3. The fourth-order valence-electron chi connectivity index (χ4n) is 4.00. The monoisotopic (exact) mass is 534 g/mol. The first kappa shape index (κ1) is 27.7. The maximum Gasteiger partial charge on any atom is 0.275 e. The molecule has 0 aliphatic heterocycles. The van der Waals surface area contributed by atoms with Crippen LogP contribution in [0.15, 0.2) is 41.2 Å². The van der Waals surface area contributed by atoms with Gasteiger partial charge in [-0.2, -0.15) is 10.4 Å². The highest BCUT2D eigenvalue weighted by Crippen LogP contribution is 2.26. The number of nitrogens with zero attached hydrogens (tertiary/aromatic N) is 4. The molecule has 1 amide bonds. The molecule has 4 aromatic rings. The molecule has 2 unspecified atom stereocenters. The van der Waals surface area contributed by atoms with E-state index in [1.807, 2.05) is 20.8 Å². The number of rotatable bonds is 9. The van der Waals surface area contributed by atoms with Gasteiger partial charge in [0, 0.05) is 18.0 Å². The van der Waals surface area contributed by atoms with Crippen LogP contribution >= 0.6 is 0 Å². The average molecular weight is 535 g/mol. The van der Waals surface area contributed by atoms with E-state index in [0.29, 0.717) is 33.3 Å². The molecule has 2 heterocycles. The lowest BCUT2D eigenvalue weighted by Gasteiger charge is -2.25. The van der Waals surface area contributed by atoms with Gasteiger partial charge in [-0.15, -0.1) is 0 Å². The number of aromatic nitrogens is 4. The summed E-state index contributed by atoms with van der Waals surface area (Å²) in [5.41, 5.74) is 1.08. The predicted molar refractivity (Wildman–Crippen MR) is 144 cm³/mol. The van der Waals surface area contributed by atoms with Gasteiger partial charge >= 0.3 is 0 Å². The van der Waals surface area contributed by atoms with Crippen molar-refractivity contribution in [2.24, 2.45) is 5.41 Å². The van der Waals surface area contributed by atoms with E-state index in [1.165, 1.54) is 6.92 Å². The Kier molecular flexibility index (Phi) is 7.97. The molecule has 0 saturated carbocycles. The number of benzene rings is 2. The lowest BCUT2D eigenvalue weighted by molar-refractivity contribution is -0.122. The van der Waals surface area contributed by atoms with Crippen molar-refractivity contribution in [2.75, 3.05) is 13.2 Å². The third-order valence-corrected chi connectivity index (χ3v) is 6.29. The van der Waals surface area contributed by atoms with Crippen LogP contribution in [-0.2, 0) is 17.8 Å². The Hall–Kier alpha value is -4.30. The van der Waals surface area contributed by atoms with Gasteiger partial charge in [-0.3, -0.25) is 9.59 Å². The van der Waals surface area contributed by atoms with Crippen LogP contribution in [0.4, 0.5) is 4.39 Å². The number of hydrogen-bond acceptors (Lipinski definition) is 7. The zero-order chi connectivity index (χ0) is 28.3. The van der Waals surface area contributed by atoms with Crippen molar-refractivity contribution in [3.63, 3.8) is 0 Å². The summed E-state index contributed by atoms with van der Waals surface area (Å²) >= 11 is 0. The normalized spacial score (nSPS) is 13.3. The number of alkyl halides is 1. The minimum Gasteiger partial charge on any atom is -0.489 e. The van der Waals surface area contributed by atoms with Crippen molar-refractivity contribution < 1.29 is 19.0 Å². The third-order valence-electron chi connectivity index (χ3n) is 6.29. The van der Waals surface area contributed by atoms with Gasteiger partial charge in [-0.25, -0.2) is 14.1 Å². The summed E-state index contributed by atoms with van der Waals surface area (Å²) in [7, 11) is 0. The van der Waals surface area contributed by atoms with Gasteiger partial charge in [0.2, 0.25) is 5.91 Å². The molecule has 204 valence electrons. The molecule has 2 atom stereocenters. The summed E-state index contributed by atoms with van der Waals surface area (Å²) in [6.45, 7) is 6.52. The van der Waals surface area contributed by atoms with E-state index in [-0.39, 0.29) is 37.4 Å². The third kappa shape index (κ3) is 6.41. The van der Waals surface area contributed by atoms with Gasteiger partial charge in [-0.1, -0.05) is 39.0 Å². The second kappa shape index (κ2) is 11.2. The van der Waals surface area contributed by atoms with Crippen molar-refractivity contribution >= 4 is 27.7 Å². The van der Waals surface area contributed by atoms with E-state index in [1.54, 1.807) is 36.4 Å². The van der Waals surface area contributed by atoms with Crippen molar-refractivity contribution in [3.8, 4) is 11.8 Å². The lowest BCUT2D eigenvalue weighted by atomic mass is 9.89. The molecule has 10 nitrogen and oxygen atoms in total. The standard InChI is InChI=1S/C28H31FN6O4/c1-16(29)15-39-23-10-22-21(9-17(23)12-30)32-25(33-22)11-20-18-7-5-6-8-19(18)27(38)35(34-20)14-26(37)31-13-24(36)28(2,3)4/h5-10,16,24,36H,11,13-15H2,1-4H3,(H,31,37)(H,32,33). The number of aromatic amines is 1. The number of ether oxygens (including phenoxy) is 1. The first-order valence-electron chi connectivity index (χ1n) is 12.6. The van der Waals surface area contributed by atoms with E-state index < -0.39 is 29.2 Å². The van der Waals surface area contributed by atoms with E-state index in [2.05, 4.69) is 26.5 Å². The highest BCUT2D eigenvalue weighted by atomic mass is 19.1. The fourth-order valence-corrected chi connectivity index (χ4v) is 4.00. The fraction of sp³-hybridized carbons (Fsp3) is 0.393. The first-order valence-corrected chi connectivity index (χ1v) is 12.6. The highest BCUT2D eigenvalue weighted by Gasteiger charge is 2.23. The topological polar surface area (TPSA) is 146 Å². The van der Waals surface area contributed by atoms with Crippen LogP contribution in [0.2, 0.25) is 0 Å². The molecule has 0 spiro atoms. The van der Waals surface area contributed by atoms with Crippen molar-refractivity contribution in [1.29, 1.82) is 5.26 Å². The molecule has 0 saturated heterocycles. The molecule has 11 heteroatoms. The summed E-state index contributed by atoms with van der Waals surface area (Å²) in [4.78, 5) is 33.5. The Morgan fingerprint density at radius 3 is 2.67 bits per heavy atom. The number of carbonyl (C=O) groups excluding carboxylic acids is 1. The molecule has 3 N–H and O–H groups in total. The Labute approximate surface area is 224 Å². The van der Waals surface area contributed by atoms with Crippen molar-refractivity contribution in [3.05, 3.63) is 63.8 Å². The Bertz CT molecular complexity index is 1610. The summed E-state index contributed by atoms with van der Waals surface area (Å²) in [5, 5.41) is 27.9. The Morgan fingerprint density at radius 1 is 1.28 bits per heavy atom. The number of amides is 1. The molecule has 0 aliphatic carbocycles. The second-order valence-electron chi connectivity index (χ2n) is 10.6. The summed E-state index contributed by atoms with van der Waals surface area (Å²) in [6.07, 6.45) is -1.73. The largest absolute Gasteiger partial charge is 0.489 e. The van der Waals surface area contributed by atoms with E-state index in [0.717, 1.165) is 4.68 Å². The van der Waals surface area contributed by atoms with Crippen LogP contribution in [0.5, 0.6) is 5.75 Å². The van der Waals surface area contributed by atoms with Crippen LogP contribution in [0.25, 0.3) is 21.8 Å². The highest BCUT2D eigenvalue weighted by molar-refractivity contribution is 5.85. The SMILES string of the molecule is CC(F)COc1cc2nc(Cc3nn(CC(=O)NCC(O)C(C)(C)C)c(=O)c4ccccc34)[nH]c2cc1C#N. The van der Waals surface area contributed by atoms with Crippen molar-refractivity contribution in [1.82, 2.24) is 25.1 Å². The molecule has 2 aromatic carbocycles. The van der Waals surface area contributed by atoms with E-state index in [4.69, 9.17) is 4.74 Å². The molecular weight excluding hydrogens is 503 g/mol. The van der Waals surface area contributed by atoms with E-state index in [9.17, 15) is 24.3 Å². The smallest absolute Gasteiger partial charge is 0.275 e. The number of fused-ring (bicyclic) bond motifs is 2. The minimum absolute atomic E-state index is 0.0527. The van der Waals surface area contributed by atoms with Crippen LogP contribution in [-0.4, -0.2) is 56.2 Å². The molecule has 2 aromatic heterocycles. The minimum atomic E-state index is -1.19. The molecule has 39 heavy (non-hydrogen) atoms. The number of H-pyrrole nitrogens is 1. The zero-order valence-corrected chi connectivity index (χ0v) is 22.3. The number of hydrogen-bond donors (Lipinski definition) is 3. The van der Waals surface area contributed by atoms with Gasteiger partial charge < -0.3 is 20.1 Å². The molecule has 0 fully saturated rings. The Morgan fingerprint density at radius 2 is 2.00 bits per heavy atom. The molecule has 0 radical (unpaired) electrons. The van der Waals surface area contributed by atoms with Crippen LogP contribution in [0, 0.1) is 16.7 Å². The Balaban J connectivity index is 1.64. The number of aliphatic hydroxyl groups is 1. The van der Waals surface area contributed by atoms with Gasteiger partial charge in [0.1, 0.15) is 37.0 Å². The quantitative estimate of drug-likeness (QED) is 0.299. The second-order valence-corrected chi connectivity index (χ2v) is 10.6. The first-order chi connectivity index (χ1) is 18.5. The number of imidazole rings is 1. The number of carbonyl (C=O) groups is 1. The van der Waals surface area contributed by atoms with Crippen LogP contribution in [0.1, 0.15) is 44.8 Å². The van der Waals surface area contributed by atoms with Gasteiger partial charge in [0.15, 0.2) is 0 Å². The maximum atomic E-state index is 13.3. The van der Waals surface area contributed by atoms with Gasteiger partial charge in [-0.05, 0) is 24.5 Å². The van der Waals surface area contributed by atoms with Gasteiger partial charge in [0.05, 0.1) is 40.2 Å². The van der Waals surface area contributed by atoms with Crippen molar-refractivity contribution in [2.45, 2.75) is 52.9 Å². The number of nitrogens with one attached hydrogen (secondary N) is 2. The van der Waals surface area contributed by atoms with Gasteiger partial charge in [0.25, 0.3) is 5.56 Å². The van der Waals surface area contributed by atoms with Crippen LogP contribution in [0.3, 0.4) is 0 Å². The lowest BCUT2D eigenvalue weighted by Crippen LogP contribution is -2.41. The van der Waals surface area contributed by atoms with Crippen LogP contribution < -0.4 is 15.6 Å².